The normalized spacial score (nSPS) is 11.1. The first-order valence-electron chi connectivity index (χ1n) is 5.24. The summed E-state index contributed by atoms with van der Waals surface area (Å²) in [5.41, 5.74) is 0.872. The van der Waals surface area contributed by atoms with Gasteiger partial charge in [0, 0.05) is 16.0 Å². The highest BCUT2D eigenvalue weighted by Crippen LogP contribution is 2.25. The SMILES string of the molecule is Fc1cccc(F)c1-c1cn2cc(I)ccc2n1. The van der Waals surface area contributed by atoms with Gasteiger partial charge in [-0.05, 0) is 46.9 Å². The first-order chi connectivity index (χ1) is 8.65. The zero-order valence-corrected chi connectivity index (χ0v) is 11.2. The molecule has 0 unspecified atom stereocenters. The van der Waals surface area contributed by atoms with Gasteiger partial charge in [-0.2, -0.15) is 0 Å². The zero-order valence-electron chi connectivity index (χ0n) is 9.07. The summed E-state index contributed by atoms with van der Waals surface area (Å²) in [5, 5.41) is 0. The Morgan fingerprint density at radius 2 is 1.72 bits per heavy atom. The van der Waals surface area contributed by atoms with Gasteiger partial charge in [-0.3, -0.25) is 0 Å². The van der Waals surface area contributed by atoms with E-state index in [2.05, 4.69) is 27.6 Å². The second kappa shape index (κ2) is 4.31. The topological polar surface area (TPSA) is 17.3 Å². The predicted octanol–water partition coefficient (Wildman–Crippen LogP) is 3.88. The van der Waals surface area contributed by atoms with E-state index in [1.165, 1.54) is 18.2 Å². The number of hydrogen-bond donors (Lipinski definition) is 0. The molecule has 5 heteroatoms. The van der Waals surface area contributed by atoms with Crippen molar-refractivity contribution >= 4 is 28.2 Å². The standard InChI is InChI=1S/C13H7F2IN2/c14-9-2-1-3-10(15)13(9)11-7-18-6-8(16)4-5-12(18)17-11/h1-7H. The van der Waals surface area contributed by atoms with Crippen LogP contribution in [0, 0.1) is 15.2 Å². The van der Waals surface area contributed by atoms with Gasteiger partial charge in [0.1, 0.15) is 17.3 Å². The zero-order chi connectivity index (χ0) is 12.7. The fourth-order valence-electron chi connectivity index (χ4n) is 1.83. The van der Waals surface area contributed by atoms with Gasteiger partial charge in [-0.25, -0.2) is 13.8 Å². The number of rotatable bonds is 1. The van der Waals surface area contributed by atoms with E-state index in [1.807, 2.05) is 18.3 Å². The van der Waals surface area contributed by atoms with Gasteiger partial charge in [-0.1, -0.05) is 6.07 Å². The number of hydrogen-bond acceptors (Lipinski definition) is 1. The Bertz CT molecular complexity index is 717. The molecule has 0 atom stereocenters. The third kappa shape index (κ3) is 1.88. The molecule has 0 fully saturated rings. The van der Waals surface area contributed by atoms with Gasteiger partial charge in [0.2, 0.25) is 0 Å². The van der Waals surface area contributed by atoms with Gasteiger partial charge < -0.3 is 4.40 Å². The third-order valence-corrected chi connectivity index (χ3v) is 3.27. The lowest BCUT2D eigenvalue weighted by Gasteiger charge is -1.99. The summed E-state index contributed by atoms with van der Waals surface area (Å²) in [6, 6.07) is 7.50. The molecular formula is C13H7F2IN2. The third-order valence-electron chi connectivity index (χ3n) is 2.63. The van der Waals surface area contributed by atoms with Crippen LogP contribution in [0.3, 0.4) is 0 Å². The van der Waals surface area contributed by atoms with Crippen molar-refractivity contribution in [3.63, 3.8) is 0 Å². The van der Waals surface area contributed by atoms with E-state index in [-0.39, 0.29) is 5.56 Å². The Morgan fingerprint density at radius 3 is 2.44 bits per heavy atom. The summed E-state index contributed by atoms with van der Waals surface area (Å²) < 4.78 is 30.1. The smallest absolute Gasteiger partial charge is 0.137 e. The molecule has 2 nitrogen and oxygen atoms in total. The Kier molecular flexibility index (Phi) is 2.77. The molecule has 18 heavy (non-hydrogen) atoms. The van der Waals surface area contributed by atoms with E-state index >= 15 is 0 Å². The number of pyridine rings is 1. The number of aromatic nitrogens is 2. The summed E-state index contributed by atoms with van der Waals surface area (Å²) in [5.74, 6) is -1.21. The number of imidazole rings is 1. The fourth-order valence-corrected chi connectivity index (χ4v) is 2.31. The first-order valence-corrected chi connectivity index (χ1v) is 6.31. The second-order valence-corrected chi connectivity index (χ2v) is 5.08. The molecular weight excluding hydrogens is 349 g/mol. The highest BCUT2D eigenvalue weighted by atomic mass is 127. The molecule has 90 valence electrons. The summed E-state index contributed by atoms with van der Waals surface area (Å²) in [6.07, 6.45) is 3.48. The summed E-state index contributed by atoms with van der Waals surface area (Å²) in [4.78, 5) is 4.23. The molecule has 0 aliphatic heterocycles. The molecule has 0 bridgehead atoms. The minimum absolute atomic E-state index is 0.0868. The van der Waals surface area contributed by atoms with Crippen molar-refractivity contribution in [2.24, 2.45) is 0 Å². The van der Waals surface area contributed by atoms with Crippen molar-refractivity contribution in [2.75, 3.05) is 0 Å². The molecule has 2 heterocycles. The highest BCUT2D eigenvalue weighted by Gasteiger charge is 2.14. The highest BCUT2D eigenvalue weighted by molar-refractivity contribution is 14.1. The average molecular weight is 356 g/mol. The van der Waals surface area contributed by atoms with Crippen molar-refractivity contribution < 1.29 is 8.78 Å². The lowest BCUT2D eigenvalue weighted by atomic mass is 10.1. The molecule has 0 amide bonds. The average Bonchev–Trinajstić information content (AvgIpc) is 2.71. The predicted molar refractivity (Wildman–Crippen MR) is 73.3 cm³/mol. The quantitative estimate of drug-likeness (QED) is 0.605. The molecule has 0 saturated carbocycles. The number of nitrogens with zero attached hydrogens (tertiary/aromatic N) is 2. The first kappa shape index (κ1) is 11.6. The van der Waals surface area contributed by atoms with Gasteiger partial charge in [0.25, 0.3) is 0 Å². The Morgan fingerprint density at radius 1 is 1.00 bits per heavy atom. The monoisotopic (exact) mass is 356 g/mol. The minimum Gasteiger partial charge on any atom is -0.305 e. The summed E-state index contributed by atoms with van der Waals surface area (Å²) in [6.45, 7) is 0. The van der Waals surface area contributed by atoms with Crippen LogP contribution in [-0.4, -0.2) is 9.38 Å². The van der Waals surface area contributed by atoms with Crippen molar-refractivity contribution in [1.82, 2.24) is 9.38 Å². The summed E-state index contributed by atoms with van der Waals surface area (Å²) >= 11 is 2.17. The van der Waals surface area contributed by atoms with Crippen LogP contribution in [0.4, 0.5) is 8.78 Å². The van der Waals surface area contributed by atoms with E-state index < -0.39 is 11.6 Å². The lowest BCUT2D eigenvalue weighted by Crippen LogP contribution is -1.89. The van der Waals surface area contributed by atoms with Crippen molar-refractivity contribution in [3.05, 3.63) is 57.9 Å². The van der Waals surface area contributed by atoms with Crippen LogP contribution in [0.2, 0.25) is 0 Å². The van der Waals surface area contributed by atoms with Crippen LogP contribution in [0.25, 0.3) is 16.9 Å². The van der Waals surface area contributed by atoms with E-state index in [9.17, 15) is 8.78 Å². The maximum absolute atomic E-state index is 13.7. The van der Waals surface area contributed by atoms with Crippen LogP contribution in [0.5, 0.6) is 0 Å². The Labute approximate surface area is 115 Å². The Hall–Kier alpha value is -1.50. The second-order valence-electron chi connectivity index (χ2n) is 3.84. The minimum atomic E-state index is -0.604. The van der Waals surface area contributed by atoms with Crippen LogP contribution < -0.4 is 0 Å². The molecule has 3 rings (SSSR count). The maximum Gasteiger partial charge on any atom is 0.137 e. The van der Waals surface area contributed by atoms with Gasteiger partial charge in [0.05, 0.1) is 11.3 Å². The molecule has 2 aromatic heterocycles. The van der Waals surface area contributed by atoms with Crippen LogP contribution in [-0.2, 0) is 0 Å². The number of fused-ring (bicyclic) bond motifs is 1. The van der Waals surface area contributed by atoms with Crippen LogP contribution >= 0.6 is 22.6 Å². The molecule has 3 aromatic rings. The van der Waals surface area contributed by atoms with Gasteiger partial charge in [0.15, 0.2) is 0 Å². The summed E-state index contributed by atoms with van der Waals surface area (Å²) in [7, 11) is 0. The largest absolute Gasteiger partial charge is 0.305 e. The number of benzene rings is 1. The molecule has 0 saturated heterocycles. The lowest BCUT2D eigenvalue weighted by molar-refractivity contribution is 0.589. The fraction of sp³-hybridized carbons (Fsp3) is 0. The van der Waals surface area contributed by atoms with E-state index in [0.717, 1.165) is 3.57 Å². The van der Waals surface area contributed by atoms with Gasteiger partial charge >= 0.3 is 0 Å². The van der Waals surface area contributed by atoms with E-state index in [4.69, 9.17) is 0 Å². The molecule has 1 aromatic carbocycles. The van der Waals surface area contributed by atoms with Crippen molar-refractivity contribution in [2.45, 2.75) is 0 Å². The molecule has 0 radical (unpaired) electrons. The van der Waals surface area contributed by atoms with Crippen molar-refractivity contribution in [3.8, 4) is 11.3 Å². The van der Waals surface area contributed by atoms with Gasteiger partial charge in [-0.15, -0.1) is 0 Å². The maximum atomic E-state index is 13.7. The Balaban J connectivity index is 2.26. The van der Waals surface area contributed by atoms with Crippen molar-refractivity contribution in [1.29, 1.82) is 0 Å². The molecule has 0 spiro atoms. The molecule has 0 N–H and O–H groups in total. The molecule has 0 aliphatic carbocycles. The molecule has 0 aliphatic rings. The van der Waals surface area contributed by atoms with E-state index in [1.54, 1.807) is 10.6 Å². The number of halogens is 3. The van der Waals surface area contributed by atoms with Crippen LogP contribution in [0.1, 0.15) is 0 Å². The van der Waals surface area contributed by atoms with E-state index in [0.29, 0.717) is 11.3 Å². The van der Waals surface area contributed by atoms with Crippen LogP contribution in [0.15, 0.2) is 42.7 Å².